The van der Waals surface area contributed by atoms with E-state index < -0.39 is 63.9 Å². The Morgan fingerprint density at radius 2 is 0.919 bits per heavy atom. The van der Waals surface area contributed by atoms with Crippen LogP contribution in [0.1, 0.15) is 11.1 Å². The molecule has 0 fully saturated rings. The van der Waals surface area contributed by atoms with Gasteiger partial charge in [0.15, 0.2) is 0 Å². The fraction of sp³-hybridized carbons (Fsp3) is 0.0833. The first-order valence-corrected chi connectivity index (χ1v) is 11.7. The van der Waals surface area contributed by atoms with Crippen molar-refractivity contribution in [2.45, 2.75) is 12.4 Å². The van der Waals surface area contributed by atoms with Gasteiger partial charge in [0.25, 0.3) is 0 Å². The monoisotopic (exact) mass is 618 g/mol. The van der Waals surface area contributed by atoms with E-state index in [0.717, 1.165) is 24.3 Å². The van der Waals surface area contributed by atoms with Gasteiger partial charge in [0.1, 0.15) is 0 Å². The van der Waals surface area contributed by atoms with Crippen LogP contribution in [0.15, 0.2) is 60.9 Å². The number of aromatic nitrogens is 2. The molecule has 2 aromatic carbocycles. The van der Waals surface area contributed by atoms with Crippen LogP contribution >= 0.6 is 0 Å². The second-order valence-electron chi connectivity index (χ2n) is 7.41. The number of nitrogens with zero attached hydrogens (tertiary/aromatic N) is 2. The molecule has 0 atom stereocenters. The number of rotatable bonds is 4. The molecular weight excluding hydrogens is 607 g/mol. The molecule has 37 heavy (non-hydrogen) atoms. The van der Waals surface area contributed by atoms with Crippen LogP contribution in [0, 0.1) is 23.3 Å². The van der Waals surface area contributed by atoms with E-state index in [4.69, 9.17) is 0 Å². The molecule has 0 saturated carbocycles. The molecule has 2 heterocycles. The molecule has 0 aliphatic heterocycles. The topological polar surface area (TPSA) is 25.8 Å². The summed E-state index contributed by atoms with van der Waals surface area (Å²) in [5, 5.41) is 0. The first-order valence-electron chi connectivity index (χ1n) is 9.92. The van der Waals surface area contributed by atoms with E-state index in [1.54, 1.807) is 0 Å². The fourth-order valence-electron chi connectivity index (χ4n) is 3.22. The van der Waals surface area contributed by atoms with E-state index in [1.165, 1.54) is 0 Å². The van der Waals surface area contributed by atoms with Crippen molar-refractivity contribution in [2.75, 3.05) is 0 Å². The summed E-state index contributed by atoms with van der Waals surface area (Å²) in [6.07, 6.45) is -8.52. The molecule has 0 saturated heterocycles. The Bertz CT molecular complexity index is 1340. The van der Waals surface area contributed by atoms with E-state index in [-0.39, 0.29) is 30.8 Å². The van der Waals surface area contributed by atoms with Gasteiger partial charge in [-0.3, -0.25) is 0 Å². The minimum absolute atomic E-state index is 0.143. The summed E-state index contributed by atoms with van der Waals surface area (Å²) >= 11 is -1.64. The van der Waals surface area contributed by atoms with E-state index in [2.05, 4.69) is 9.97 Å². The molecule has 13 heteroatoms. The van der Waals surface area contributed by atoms with Crippen LogP contribution in [-0.4, -0.2) is 9.97 Å². The normalized spacial score (nSPS) is 12.2. The average molecular weight is 617 g/mol. The molecule has 2 nitrogen and oxygen atoms in total. The van der Waals surface area contributed by atoms with Crippen molar-refractivity contribution in [3.63, 3.8) is 0 Å². The molecule has 0 N–H and O–H groups in total. The third-order valence-corrected chi connectivity index (χ3v) is 7.19. The summed E-state index contributed by atoms with van der Waals surface area (Å²) < 4.78 is 135. The Hall–Kier alpha value is -3.34. The van der Waals surface area contributed by atoms with Crippen LogP contribution in [0.3, 0.4) is 0 Å². The molecule has 0 spiro atoms. The van der Waals surface area contributed by atoms with Crippen LogP contribution in [-0.2, 0) is 29.5 Å². The van der Waals surface area contributed by atoms with Crippen molar-refractivity contribution in [3.8, 4) is 22.5 Å². The minimum atomic E-state index is -4.72. The third kappa shape index (κ3) is 5.82. The van der Waals surface area contributed by atoms with Crippen LogP contribution in [0.5, 0.6) is 0 Å². The predicted molar refractivity (Wildman–Crippen MR) is 108 cm³/mol. The van der Waals surface area contributed by atoms with Gasteiger partial charge < -0.3 is 0 Å². The summed E-state index contributed by atoms with van der Waals surface area (Å²) in [4.78, 5) is 7.24. The molecule has 0 unspecified atom stereocenters. The van der Waals surface area contributed by atoms with Crippen molar-refractivity contribution in [2.24, 2.45) is 0 Å². The van der Waals surface area contributed by atoms with Crippen molar-refractivity contribution < 1.29 is 61.0 Å². The number of pyridine rings is 2. The van der Waals surface area contributed by atoms with Crippen molar-refractivity contribution in [1.29, 1.82) is 0 Å². The van der Waals surface area contributed by atoms with Crippen molar-refractivity contribution >= 4 is 8.32 Å². The number of benzene rings is 2. The predicted octanol–water partition coefficient (Wildman–Crippen LogP) is 6.44. The van der Waals surface area contributed by atoms with E-state index in [1.807, 2.05) is 0 Å². The Balaban J connectivity index is 1.83. The summed E-state index contributed by atoms with van der Waals surface area (Å²) in [6.45, 7) is 0. The van der Waals surface area contributed by atoms with Gasteiger partial charge in [0.2, 0.25) is 0 Å². The molecule has 193 valence electrons. The Morgan fingerprint density at radius 1 is 0.541 bits per heavy atom. The molecule has 4 rings (SSSR count). The zero-order chi connectivity index (χ0) is 27.1. The molecule has 0 bridgehead atoms. The SMILES string of the molecule is Fc1cc(F)c(-c2ccc(C(F)(F)F)cn2)[c]([Ru+][c]2cc(F)cc(F)c2-c2ccc(C(F)(F)F)cn2)c1. The van der Waals surface area contributed by atoms with Crippen LogP contribution in [0.25, 0.3) is 22.5 Å². The van der Waals surface area contributed by atoms with Gasteiger partial charge in [0.05, 0.1) is 0 Å². The Labute approximate surface area is 209 Å². The van der Waals surface area contributed by atoms with Crippen molar-refractivity contribution in [1.82, 2.24) is 9.97 Å². The number of halogens is 10. The van der Waals surface area contributed by atoms with E-state index in [9.17, 15) is 43.9 Å². The molecular formula is C24H10F10N2Ru+. The van der Waals surface area contributed by atoms with Gasteiger partial charge >= 0.3 is 210 Å². The Morgan fingerprint density at radius 3 is 1.22 bits per heavy atom. The van der Waals surface area contributed by atoms with Gasteiger partial charge in [-0.1, -0.05) is 0 Å². The maximum absolute atomic E-state index is 14.8. The van der Waals surface area contributed by atoms with Gasteiger partial charge in [-0.25, -0.2) is 0 Å². The first-order chi connectivity index (χ1) is 17.2. The maximum atomic E-state index is 14.8. The zero-order valence-corrected chi connectivity index (χ0v) is 19.5. The quantitative estimate of drug-likeness (QED) is 0.195. The average Bonchev–Trinajstić information content (AvgIpc) is 2.77. The van der Waals surface area contributed by atoms with Gasteiger partial charge in [-0.05, 0) is 0 Å². The molecule has 0 amide bonds. The van der Waals surface area contributed by atoms with Gasteiger partial charge in [0, 0.05) is 0 Å². The summed E-state index contributed by atoms with van der Waals surface area (Å²) in [7, 11) is 0. The molecule has 4 aromatic rings. The van der Waals surface area contributed by atoms with Gasteiger partial charge in [-0.15, -0.1) is 0 Å². The second-order valence-corrected chi connectivity index (χ2v) is 9.72. The van der Waals surface area contributed by atoms with Crippen molar-refractivity contribution in [3.05, 3.63) is 95.3 Å². The molecule has 2 aromatic heterocycles. The summed E-state index contributed by atoms with van der Waals surface area (Å²) in [5.74, 6) is -4.49. The van der Waals surface area contributed by atoms with Crippen LogP contribution in [0.4, 0.5) is 43.9 Å². The van der Waals surface area contributed by atoms with Crippen LogP contribution < -0.4 is 8.32 Å². The summed E-state index contributed by atoms with van der Waals surface area (Å²) in [6, 6.07) is 5.67. The first kappa shape index (κ1) is 26.7. The van der Waals surface area contributed by atoms with E-state index in [0.29, 0.717) is 36.7 Å². The third-order valence-electron chi connectivity index (χ3n) is 4.88. The molecule has 0 aliphatic carbocycles. The number of hydrogen-bond acceptors (Lipinski definition) is 2. The van der Waals surface area contributed by atoms with Gasteiger partial charge in [-0.2, -0.15) is 0 Å². The summed E-state index contributed by atoms with van der Waals surface area (Å²) in [5.41, 5.74) is -3.58. The molecule has 0 radical (unpaired) electrons. The Kier molecular flexibility index (Phi) is 7.11. The number of alkyl halides is 6. The number of hydrogen-bond donors (Lipinski definition) is 0. The van der Waals surface area contributed by atoms with Crippen LogP contribution in [0.2, 0.25) is 0 Å². The second kappa shape index (κ2) is 9.85. The fourth-order valence-corrected chi connectivity index (χ4v) is 5.75. The standard InChI is InChI=1S/2C12H5F5N.Ru/c2*13-8-2-3-9(10(14)5-8)11-4-1-7(6-18-11)12(15,16)17;/h2*1-2,4-6H;/q;;+1. The zero-order valence-electron chi connectivity index (χ0n) is 17.8. The molecule has 0 aliphatic rings. The van der Waals surface area contributed by atoms with E-state index >= 15 is 0 Å².